The molecule has 0 amide bonds. The van der Waals surface area contributed by atoms with Crippen LogP contribution in [0.5, 0.6) is 17.5 Å². The van der Waals surface area contributed by atoms with Crippen molar-refractivity contribution in [3.63, 3.8) is 0 Å². The first-order valence-electron chi connectivity index (χ1n) is 15.3. The summed E-state index contributed by atoms with van der Waals surface area (Å²) in [5.41, 5.74) is 2.31. The van der Waals surface area contributed by atoms with E-state index in [0.717, 1.165) is 44.0 Å². The van der Waals surface area contributed by atoms with Gasteiger partial charge in [-0.3, -0.25) is 9.47 Å². The van der Waals surface area contributed by atoms with Crippen molar-refractivity contribution < 1.29 is 32.3 Å². The second-order valence-corrected chi connectivity index (χ2v) is 11.5. The number of hydrogen-bond donors (Lipinski definition) is 0. The molecule has 1 saturated heterocycles. The first-order valence-corrected chi connectivity index (χ1v) is 15.3. The molecule has 2 aliphatic rings. The number of alkyl halides is 1. The molecule has 3 aromatic carbocycles. The molecule has 47 heavy (non-hydrogen) atoms. The lowest BCUT2D eigenvalue weighted by atomic mass is 10.1. The van der Waals surface area contributed by atoms with Gasteiger partial charge in [0.1, 0.15) is 24.7 Å². The molecule has 0 saturated carbocycles. The molecule has 11 nitrogen and oxygen atoms in total. The number of aryl methyl sites for hydroxylation is 1. The third kappa shape index (κ3) is 7.07. The van der Waals surface area contributed by atoms with Gasteiger partial charge in [-0.2, -0.15) is 4.39 Å². The lowest BCUT2D eigenvalue weighted by Crippen LogP contribution is -2.45. The Labute approximate surface area is 269 Å². The number of rotatable bonds is 11. The number of nitrogens with zero attached hydrogens (tertiary/aromatic N) is 6. The number of hydrogen-bond acceptors (Lipinski definition) is 9. The average Bonchev–Trinajstić information content (AvgIpc) is 3.53. The zero-order valence-electron chi connectivity index (χ0n) is 26.0. The Morgan fingerprint density at radius 2 is 1.74 bits per heavy atom. The van der Waals surface area contributed by atoms with Crippen molar-refractivity contribution in [2.75, 3.05) is 56.7 Å². The highest BCUT2D eigenvalue weighted by Gasteiger charge is 2.29. The van der Waals surface area contributed by atoms with E-state index in [1.54, 1.807) is 16.7 Å². The van der Waals surface area contributed by atoms with Gasteiger partial charge in [-0.05, 0) is 59.0 Å². The van der Waals surface area contributed by atoms with Crippen LogP contribution in [0.4, 0.5) is 30.4 Å². The molecule has 0 spiro atoms. The van der Waals surface area contributed by atoms with Crippen LogP contribution < -0.4 is 24.0 Å². The molecule has 1 aromatic heterocycles. The normalized spacial score (nSPS) is 17.0. The SMILES string of the molecule is COc1ccc(C(F)N(C)c2ccc(CN3CCN(c4ccc(OCC5CCn6cc([N+](=O)[O-])nc6O5)cc4)CC3)cc2)c(F)c1F. The van der Waals surface area contributed by atoms with Gasteiger partial charge in [0.2, 0.25) is 12.1 Å². The topological polar surface area (TPSA) is 98.4 Å². The molecule has 0 aliphatic carbocycles. The number of halogens is 3. The number of aromatic nitrogens is 2. The lowest BCUT2D eigenvalue weighted by Gasteiger charge is -2.36. The van der Waals surface area contributed by atoms with E-state index < -0.39 is 28.4 Å². The Bertz CT molecular complexity index is 1700. The van der Waals surface area contributed by atoms with Gasteiger partial charge in [-0.25, -0.2) is 8.78 Å². The van der Waals surface area contributed by atoms with Crippen LogP contribution in [0.1, 0.15) is 23.8 Å². The number of fused-ring (bicyclic) bond motifs is 1. The highest BCUT2D eigenvalue weighted by atomic mass is 19.2. The van der Waals surface area contributed by atoms with Gasteiger partial charge in [0.05, 0.1) is 7.11 Å². The van der Waals surface area contributed by atoms with Gasteiger partial charge in [0.15, 0.2) is 11.6 Å². The number of methoxy groups -OCH3 is 1. The van der Waals surface area contributed by atoms with E-state index in [0.29, 0.717) is 31.0 Å². The molecule has 2 unspecified atom stereocenters. The van der Waals surface area contributed by atoms with Gasteiger partial charge >= 0.3 is 11.8 Å². The summed E-state index contributed by atoms with van der Waals surface area (Å²) in [5, 5.41) is 11.0. The third-order valence-corrected chi connectivity index (χ3v) is 8.53. The Kier molecular flexibility index (Phi) is 9.38. The van der Waals surface area contributed by atoms with Gasteiger partial charge in [-0.15, -0.1) is 0 Å². The average molecular weight is 653 g/mol. The van der Waals surface area contributed by atoms with Crippen LogP contribution in [-0.2, 0) is 13.1 Å². The molecule has 248 valence electrons. The summed E-state index contributed by atoms with van der Waals surface area (Å²) in [4.78, 5) is 20.3. The third-order valence-electron chi connectivity index (χ3n) is 8.53. The minimum Gasteiger partial charge on any atom is -0.494 e. The fourth-order valence-electron chi connectivity index (χ4n) is 5.77. The van der Waals surface area contributed by atoms with Crippen LogP contribution in [0.2, 0.25) is 0 Å². The molecular formula is C33H35F3N6O5. The maximum atomic E-state index is 15.2. The molecule has 3 heterocycles. The van der Waals surface area contributed by atoms with Gasteiger partial charge < -0.3 is 34.1 Å². The zero-order valence-corrected chi connectivity index (χ0v) is 26.0. The van der Waals surface area contributed by atoms with Crippen molar-refractivity contribution in [1.29, 1.82) is 0 Å². The van der Waals surface area contributed by atoms with Crippen molar-refractivity contribution in [1.82, 2.24) is 14.5 Å². The van der Waals surface area contributed by atoms with Gasteiger partial charge in [-0.1, -0.05) is 12.1 Å². The van der Waals surface area contributed by atoms with E-state index >= 15 is 4.39 Å². The molecule has 4 aromatic rings. The van der Waals surface area contributed by atoms with Crippen LogP contribution in [0.25, 0.3) is 0 Å². The molecular weight excluding hydrogens is 617 g/mol. The van der Waals surface area contributed by atoms with Gasteiger partial charge in [0.25, 0.3) is 0 Å². The summed E-state index contributed by atoms with van der Waals surface area (Å²) in [5.74, 6) is -2.26. The number of ether oxygens (including phenoxy) is 3. The van der Waals surface area contributed by atoms with E-state index in [9.17, 15) is 18.9 Å². The molecule has 14 heteroatoms. The van der Waals surface area contributed by atoms with E-state index in [1.807, 2.05) is 36.4 Å². The summed E-state index contributed by atoms with van der Waals surface area (Å²) in [6.45, 7) is 5.05. The van der Waals surface area contributed by atoms with Crippen LogP contribution in [-0.4, -0.2) is 72.4 Å². The second kappa shape index (κ2) is 13.8. The van der Waals surface area contributed by atoms with Crippen molar-refractivity contribution >= 4 is 17.2 Å². The largest absolute Gasteiger partial charge is 0.494 e. The summed E-state index contributed by atoms with van der Waals surface area (Å²) in [6.07, 6.45) is -0.0754. The maximum Gasteiger partial charge on any atom is 0.414 e. The first-order chi connectivity index (χ1) is 22.7. The smallest absolute Gasteiger partial charge is 0.414 e. The number of imidazole rings is 1. The monoisotopic (exact) mass is 652 g/mol. The number of piperazine rings is 1. The summed E-state index contributed by atoms with van der Waals surface area (Å²) >= 11 is 0. The van der Waals surface area contributed by atoms with Crippen molar-refractivity contribution in [3.05, 3.63) is 99.7 Å². The fourth-order valence-corrected chi connectivity index (χ4v) is 5.77. The molecule has 6 rings (SSSR count). The zero-order chi connectivity index (χ0) is 33.1. The summed E-state index contributed by atoms with van der Waals surface area (Å²) < 4.78 is 61.9. The molecule has 2 atom stereocenters. The minimum absolute atomic E-state index is 0.227. The first kappa shape index (κ1) is 32.0. The Balaban J connectivity index is 0.956. The van der Waals surface area contributed by atoms with Crippen molar-refractivity contribution in [2.24, 2.45) is 0 Å². The Hall–Kier alpha value is -4.98. The van der Waals surface area contributed by atoms with Crippen molar-refractivity contribution in [2.45, 2.75) is 31.9 Å². The van der Waals surface area contributed by atoms with Crippen molar-refractivity contribution in [3.8, 4) is 17.5 Å². The lowest BCUT2D eigenvalue weighted by molar-refractivity contribution is -0.389. The van der Waals surface area contributed by atoms with Crippen LogP contribution in [0, 0.1) is 21.7 Å². The fraction of sp³-hybridized carbons (Fsp3) is 0.364. The minimum atomic E-state index is -1.87. The van der Waals surface area contributed by atoms with E-state index in [1.165, 1.54) is 37.4 Å². The quantitative estimate of drug-likeness (QED) is 0.114. The standard InChI is InChI=1S/C33H35F3N6O5/c1-38(32(36)27-11-12-28(45-2)31(35)30(27)34)23-5-3-22(4-6-23)19-39-15-17-40(18-16-39)24-7-9-25(10-8-24)46-21-26-13-14-41-20-29(42(43)44)37-33(41)47-26/h3-12,20,26,32H,13-19,21H2,1-2H3. The number of nitro groups is 1. The molecule has 0 N–H and O–H groups in total. The predicted molar refractivity (Wildman–Crippen MR) is 169 cm³/mol. The van der Waals surface area contributed by atoms with E-state index in [-0.39, 0.29) is 23.7 Å². The highest BCUT2D eigenvalue weighted by Crippen LogP contribution is 2.33. The second-order valence-electron chi connectivity index (χ2n) is 11.5. The highest BCUT2D eigenvalue weighted by molar-refractivity contribution is 5.50. The number of anilines is 2. The summed E-state index contributed by atoms with van der Waals surface area (Å²) in [7, 11) is 2.72. The number of benzene rings is 3. The molecule has 2 aliphatic heterocycles. The molecule has 0 radical (unpaired) electrons. The van der Waals surface area contributed by atoms with E-state index in [4.69, 9.17) is 14.2 Å². The Morgan fingerprint density at radius 1 is 1.02 bits per heavy atom. The van der Waals surface area contributed by atoms with Crippen LogP contribution in [0.3, 0.4) is 0 Å². The molecule has 0 bridgehead atoms. The van der Waals surface area contributed by atoms with Gasteiger partial charge in [0, 0.05) is 74.7 Å². The molecule has 1 fully saturated rings. The summed E-state index contributed by atoms with van der Waals surface area (Å²) in [6, 6.07) is 18.0. The predicted octanol–water partition coefficient (Wildman–Crippen LogP) is 5.73. The maximum absolute atomic E-state index is 15.2. The van der Waals surface area contributed by atoms with E-state index in [2.05, 4.69) is 14.8 Å². The van der Waals surface area contributed by atoms with Crippen LogP contribution in [0.15, 0.2) is 66.9 Å². The van der Waals surface area contributed by atoms with Crippen LogP contribution >= 0.6 is 0 Å². The Morgan fingerprint density at radius 3 is 2.43 bits per heavy atom.